The molecule has 2 aliphatic rings. The zero-order valence-electron chi connectivity index (χ0n) is 10.8. The first kappa shape index (κ1) is 12.6. The minimum atomic E-state index is -0.353. The van der Waals surface area contributed by atoms with Gasteiger partial charge in [-0.1, -0.05) is 24.3 Å². The van der Waals surface area contributed by atoms with Gasteiger partial charge in [-0.15, -0.1) is 0 Å². The summed E-state index contributed by atoms with van der Waals surface area (Å²) in [7, 11) is 0. The summed E-state index contributed by atoms with van der Waals surface area (Å²) in [6.07, 6.45) is 0. The van der Waals surface area contributed by atoms with Crippen LogP contribution in [0.1, 0.15) is 20.7 Å². The summed E-state index contributed by atoms with van der Waals surface area (Å²) in [6.45, 7) is 2.02. The van der Waals surface area contributed by atoms with E-state index in [-0.39, 0.29) is 22.8 Å². The molecule has 0 radical (unpaired) electrons. The van der Waals surface area contributed by atoms with E-state index in [0.717, 1.165) is 0 Å². The fraction of sp³-hybridized carbons (Fsp3) is 0.267. The maximum Gasteiger partial charge on any atom is 0.200 e. The van der Waals surface area contributed by atoms with Crippen LogP contribution in [0.3, 0.4) is 0 Å². The third kappa shape index (κ3) is 1.82. The van der Waals surface area contributed by atoms with E-state index in [1.165, 1.54) is 0 Å². The Balaban J connectivity index is 2.09. The molecule has 1 saturated heterocycles. The van der Waals surface area contributed by atoms with Crippen molar-refractivity contribution in [3.05, 3.63) is 46.7 Å². The van der Waals surface area contributed by atoms with Crippen molar-refractivity contribution in [1.82, 2.24) is 4.90 Å². The molecular formula is C15H12N2O3. The van der Waals surface area contributed by atoms with E-state index in [9.17, 15) is 14.9 Å². The zero-order chi connectivity index (χ0) is 14.1. The molecule has 1 aliphatic carbocycles. The second-order valence-electron chi connectivity index (χ2n) is 4.64. The standard InChI is InChI=1S/C15H12N2O3/c16-9-12(17-5-7-20-8-6-17)13-14(18)10-3-1-2-4-11(10)15(13)19/h1-4H,5-8H2. The Morgan fingerprint density at radius 2 is 1.65 bits per heavy atom. The molecule has 3 rings (SSSR count). The van der Waals surface area contributed by atoms with Crippen LogP contribution in [0.5, 0.6) is 0 Å². The van der Waals surface area contributed by atoms with Crippen LogP contribution < -0.4 is 0 Å². The van der Waals surface area contributed by atoms with Gasteiger partial charge in [-0.3, -0.25) is 9.59 Å². The average Bonchev–Trinajstić information content (AvgIpc) is 2.75. The smallest absolute Gasteiger partial charge is 0.200 e. The van der Waals surface area contributed by atoms with Crippen LogP contribution >= 0.6 is 0 Å². The van der Waals surface area contributed by atoms with Crippen LogP contribution in [0, 0.1) is 11.3 Å². The van der Waals surface area contributed by atoms with Crippen LogP contribution in [0.25, 0.3) is 0 Å². The van der Waals surface area contributed by atoms with Gasteiger partial charge in [-0.25, -0.2) is 0 Å². The second kappa shape index (κ2) is 4.91. The summed E-state index contributed by atoms with van der Waals surface area (Å²) in [5.41, 5.74) is 0.928. The van der Waals surface area contributed by atoms with Crippen molar-refractivity contribution in [2.24, 2.45) is 0 Å². The van der Waals surface area contributed by atoms with Crippen LogP contribution in [-0.2, 0) is 4.74 Å². The summed E-state index contributed by atoms with van der Waals surface area (Å²) in [4.78, 5) is 26.5. The molecular weight excluding hydrogens is 256 g/mol. The van der Waals surface area contributed by atoms with E-state index in [1.54, 1.807) is 29.2 Å². The van der Waals surface area contributed by atoms with Crippen molar-refractivity contribution in [3.8, 4) is 6.07 Å². The molecule has 1 aromatic rings. The first-order valence-electron chi connectivity index (χ1n) is 6.39. The lowest BCUT2D eigenvalue weighted by molar-refractivity contribution is 0.0549. The number of Topliss-reactive ketones (excluding diaryl/α,β-unsaturated/α-hetero) is 2. The molecule has 5 nitrogen and oxygen atoms in total. The van der Waals surface area contributed by atoms with E-state index >= 15 is 0 Å². The number of morpholine rings is 1. The molecule has 0 bridgehead atoms. The number of ketones is 2. The SMILES string of the molecule is N#CC(=C1C(=O)c2ccccc2C1=O)N1CCOCC1. The molecule has 20 heavy (non-hydrogen) atoms. The van der Waals surface area contributed by atoms with Crippen LogP contribution in [0.2, 0.25) is 0 Å². The van der Waals surface area contributed by atoms with Crippen molar-refractivity contribution in [2.75, 3.05) is 26.3 Å². The number of rotatable bonds is 1. The topological polar surface area (TPSA) is 70.4 Å². The van der Waals surface area contributed by atoms with Crippen molar-refractivity contribution >= 4 is 11.6 Å². The maximum absolute atomic E-state index is 12.4. The highest BCUT2D eigenvalue weighted by Gasteiger charge is 2.37. The first-order valence-corrected chi connectivity index (χ1v) is 6.39. The van der Waals surface area contributed by atoms with Gasteiger partial charge in [0.15, 0.2) is 0 Å². The number of benzene rings is 1. The lowest BCUT2D eigenvalue weighted by Crippen LogP contribution is -2.36. The van der Waals surface area contributed by atoms with Crippen LogP contribution in [0.4, 0.5) is 0 Å². The molecule has 5 heteroatoms. The number of ether oxygens (including phenoxy) is 1. The molecule has 1 fully saturated rings. The molecule has 0 saturated carbocycles. The molecule has 1 aliphatic heterocycles. The Bertz CT molecular complexity index is 627. The number of hydrogen-bond donors (Lipinski definition) is 0. The van der Waals surface area contributed by atoms with E-state index in [0.29, 0.717) is 37.4 Å². The fourth-order valence-electron chi connectivity index (χ4n) is 2.54. The Morgan fingerprint density at radius 1 is 1.10 bits per heavy atom. The Labute approximate surface area is 116 Å². The highest BCUT2D eigenvalue weighted by molar-refractivity contribution is 6.40. The van der Waals surface area contributed by atoms with Gasteiger partial charge in [0.1, 0.15) is 17.3 Å². The maximum atomic E-state index is 12.4. The minimum absolute atomic E-state index is 0.00407. The monoisotopic (exact) mass is 268 g/mol. The molecule has 0 aromatic heterocycles. The zero-order valence-corrected chi connectivity index (χ0v) is 10.8. The Hall–Kier alpha value is -2.45. The summed E-state index contributed by atoms with van der Waals surface area (Å²) in [5.74, 6) is -0.706. The van der Waals surface area contributed by atoms with Gasteiger partial charge >= 0.3 is 0 Å². The van der Waals surface area contributed by atoms with Crippen molar-refractivity contribution in [3.63, 3.8) is 0 Å². The van der Waals surface area contributed by atoms with Crippen molar-refractivity contribution in [2.45, 2.75) is 0 Å². The number of fused-ring (bicyclic) bond motifs is 1. The molecule has 0 spiro atoms. The minimum Gasteiger partial charge on any atom is -0.378 e. The Morgan fingerprint density at radius 3 is 2.15 bits per heavy atom. The summed E-state index contributed by atoms with van der Waals surface area (Å²) < 4.78 is 5.23. The van der Waals surface area contributed by atoms with Gasteiger partial charge in [-0.2, -0.15) is 5.26 Å². The molecule has 1 heterocycles. The number of nitrogens with zero attached hydrogens (tertiary/aromatic N) is 2. The van der Waals surface area contributed by atoms with E-state index in [2.05, 4.69) is 0 Å². The predicted molar refractivity (Wildman–Crippen MR) is 70.1 cm³/mol. The second-order valence-corrected chi connectivity index (χ2v) is 4.64. The van der Waals surface area contributed by atoms with Crippen molar-refractivity contribution in [1.29, 1.82) is 5.26 Å². The largest absolute Gasteiger partial charge is 0.378 e. The highest BCUT2D eigenvalue weighted by Crippen LogP contribution is 2.29. The van der Waals surface area contributed by atoms with E-state index in [1.807, 2.05) is 6.07 Å². The number of carbonyl (C=O) groups is 2. The number of carbonyl (C=O) groups excluding carboxylic acids is 2. The van der Waals surface area contributed by atoms with Gasteiger partial charge in [-0.05, 0) is 0 Å². The predicted octanol–water partition coefficient (Wildman–Crippen LogP) is 1.18. The summed E-state index contributed by atoms with van der Waals surface area (Å²) in [5, 5.41) is 9.36. The first-order chi connectivity index (χ1) is 9.74. The van der Waals surface area contributed by atoms with Crippen LogP contribution in [0.15, 0.2) is 35.5 Å². The lowest BCUT2D eigenvalue weighted by atomic mass is 10.1. The number of nitriles is 1. The fourth-order valence-corrected chi connectivity index (χ4v) is 2.54. The molecule has 0 atom stereocenters. The van der Waals surface area contributed by atoms with E-state index < -0.39 is 0 Å². The Kier molecular flexibility index (Phi) is 3.09. The quantitative estimate of drug-likeness (QED) is 0.434. The van der Waals surface area contributed by atoms with Gasteiger partial charge in [0.05, 0.1) is 13.2 Å². The molecule has 0 amide bonds. The van der Waals surface area contributed by atoms with Crippen LogP contribution in [-0.4, -0.2) is 42.8 Å². The molecule has 0 N–H and O–H groups in total. The van der Waals surface area contributed by atoms with E-state index in [4.69, 9.17) is 4.74 Å². The highest BCUT2D eigenvalue weighted by atomic mass is 16.5. The van der Waals surface area contributed by atoms with Gasteiger partial charge in [0.25, 0.3) is 0 Å². The van der Waals surface area contributed by atoms with Crippen molar-refractivity contribution < 1.29 is 14.3 Å². The number of allylic oxidation sites excluding steroid dienone is 2. The summed E-state index contributed by atoms with van der Waals surface area (Å²) >= 11 is 0. The molecule has 1 aromatic carbocycles. The lowest BCUT2D eigenvalue weighted by Gasteiger charge is -2.28. The normalized spacial score (nSPS) is 17.9. The summed E-state index contributed by atoms with van der Waals surface area (Å²) in [6, 6.07) is 8.69. The third-order valence-corrected chi connectivity index (χ3v) is 3.54. The average molecular weight is 268 g/mol. The van der Waals surface area contributed by atoms with Gasteiger partial charge in [0.2, 0.25) is 11.6 Å². The van der Waals surface area contributed by atoms with Gasteiger partial charge in [0, 0.05) is 24.2 Å². The third-order valence-electron chi connectivity index (χ3n) is 3.54. The van der Waals surface area contributed by atoms with Gasteiger partial charge < -0.3 is 9.64 Å². The molecule has 0 unspecified atom stereocenters. The number of hydrogen-bond acceptors (Lipinski definition) is 5. The molecule has 100 valence electrons.